The first-order valence-electron chi connectivity index (χ1n) is 12.1. The van der Waals surface area contributed by atoms with Gasteiger partial charge in [-0.2, -0.15) is 13.5 Å². The number of nitrogens with zero attached hydrogens (tertiary/aromatic N) is 4. The topological polar surface area (TPSA) is 142 Å². The Balaban J connectivity index is 1.41. The Morgan fingerprint density at radius 2 is 2.06 bits per heavy atom. The SMILES string of the molecule is CC(C)Cc1cccc(Cn2ccc(C(=O)c3cncnc3N[C@H]3CC[C@@H](COS(N)(=O)=O)C3)n2)c1. The highest BCUT2D eigenvalue weighted by molar-refractivity contribution is 7.84. The lowest BCUT2D eigenvalue weighted by atomic mass is 10.0. The Hall–Kier alpha value is -3.15. The van der Waals surface area contributed by atoms with Crippen LogP contribution < -0.4 is 10.5 Å². The van der Waals surface area contributed by atoms with E-state index in [4.69, 9.17) is 9.32 Å². The number of hydrogen-bond acceptors (Lipinski definition) is 8. The summed E-state index contributed by atoms with van der Waals surface area (Å²) in [7, 11) is -3.96. The third kappa shape index (κ3) is 7.19. The van der Waals surface area contributed by atoms with Crippen LogP contribution in [-0.2, 0) is 27.5 Å². The Labute approximate surface area is 211 Å². The summed E-state index contributed by atoms with van der Waals surface area (Å²) in [6.07, 6.45) is 7.94. The van der Waals surface area contributed by atoms with Crippen LogP contribution in [0.4, 0.5) is 5.82 Å². The number of aromatic nitrogens is 4. The van der Waals surface area contributed by atoms with Gasteiger partial charge in [-0.05, 0) is 54.7 Å². The predicted molar refractivity (Wildman–Crippen MR) is 136 cm³/mol. The van der Waals surface area contributed by atoms with Crippen LogP contribution in [0.1, 0.15) is 60.3 Å². The van der Waals surface area contributed by atoms with E-state index in [0.29, 0.717) is 36.0 Å². The molecule has 0 spiro atoms. The molecule has 192 valence electrons. The van der Waals surface area contributed by atoms with Crippen molar-refractivity contribution in [3.05, 3.63) is 71.4 Å². The monoisotopic (exact) mass is 512 g/mol. The molecule has 1 fully saturated rings. The summed E-state index contributed by atoms with van der Waals surface area (Å²) >= 11 is 0. The van der Waals surface area contributed by atoms with Crippen LogP contribution in [0.25, 0.3) is 0 Å². The molecule has 0 unspecified atom stereocenters. The molecule has 0 bridgehead atoms. The summed E-state index contributed by atoms with van der Waals surface area (Å²) in [6.45, 7) is 5.01. The van der Waals surface area contributed by atoms with Crippen LogP contribution in [0.3, 0.4) is 0 Å². The van der Waals surface area contributed by atoms with Gasteiger partial charge in [0.25, 0.3) is 0 Å². The number of carbonyl (C=O) groups excluding carboxylic acids is 1. The first-order chi connectivity index (χ1) is 17.2. The maximum atomic E-state index is 13.3. The first kappa shape index (κ1) is 25.9. The van der Waals surface area contributed by atoms with Gasteiger partial charge in [-0.15, -0.1) is 0 Å². The van der Waals surface area contributed by atoms with Gasteiger partial charge >= 0.3 is 10.3 Å². The molecule has 1 aliphatic rings. The number of hydrogen-bond donors (Lipinski definition) is 2. The molecule has 2 aromatic heterocycles. The van der Waals surface area contributed by atoms with Crippen LogP contribution in [0, 0.1) is 11.8 Å². The van der Waals surface area contributed by atoms with Gasteiger partial charge in [-0.3, -0.25) is 13.7 Å². The van der Waals surface area contributed by atoms with E-state index >= 15 is 0 Å². The van der Waals surface area contributed by atoms with Crippen molar-refractivity contribution < 1.29 is 17.4 Å². The van der Waals surface area contributed by atoms with Crippen LogP contribution in [-0.4, -0.2) is 46.6 Å². The van der Waals surface area contributed by atoms with Crippen molar-refractivity contribution in [2.75, 3.05) is 11.9 Å². The van der Waals surface area contributed by atoms with E-state index in [1.807, 2.05) is 0 Å². The first-order valence-corrected chi connectivity index (χ1v) is 13.5. The number of carbonyl (C=O) groups is 1. The molecule has 1 saturated carbocycles. The molecule has 0 amide bonds. The van der Waals surface area contributed by atoms with E-state index in [0.717, 1.165) is 24.8 Å². The molecule has 36 heavy (non-hydrogen) atoms. The average Bonchev–Trinajstić information content (AvgIpc) is 3.47. The number of nitrogens with two attached hydrogens (primary N) is 1. The van der Waals surface area contributed by atoms with Crippen LogP contribution >= 0.6 is 0 Å². The van der Waals surface area contributed by atoms with E-state index < -0.39 is 10.3 Å². The Kier molecular flexibility index (Phi) is 8.12. The fourth-order valence-corrected chi connectivity index (χ4v) is 4.96. The van der Waals surface area contributed by atoms with Crippen molar-refractivity contribution in [1.29, 1.82) is 0 Å². The summed E-state index contributed by atoms with van der Waals surface area (Å²) in [5.74, 6) is 0.800. The third-order valence-electron chi connectivity index (χ3n) is 6.16. The molecule has 1 aliphatic carbocycles. The van der Waals surface area contributed by atoms with E-state index in [1.165, 1.54) is 18.1 Å². The zero-order valence-electron chi connectivity index (χ0n) is 20.5. The molecular formula is C25H32N6O4S. The second-order valence-corrected chi connectivity index (χ2v) is 10.9. The summed E-state index contributed by atoms with van der Waals surface area (Å²) < 4.78 is 28.6. The van der Waals surface area contributed by atoms with Gasteiger partial charge < -0.3 is 5.32 Å². The third-order valence-corrected chi connectivity index (χ3v) is 6.62. The fraction of sp³-hybridized carbons (Fsp3) is 0.440. The molecule has 0 aliphatic heterocycles. The standard InChI is InChI=1S/C25H32N6O4S/c1-17(2)10-18-4-3-5-19(11-18)14-31-9-8-23(30-31)24(32)22-13-27-16-28-25(22)29-21-7-6-20(12-21)15-35-36(26,33)34/h3-5,8-9,11,13,16-17,20-21H,6-7,10,12,14-15H2,1-2H3,(H2,26,33,34)(H,27,28,29)/t20-,21+/m1/s1. The molecule has 3 aromatic rings. The van der Waals surface area contributed by atoms with Crippen molar-refractivity contribution in [1.82, 2.24) is 19.7 Å². The number of rotatable bonds is 11. The molecule has 0 radical (unpaired) electrons. The quantitative estimate of drug-likeness (QED) is 0.374. The second-order valence-electron chi connectivity index (χ2n) is 9.73. The normalized spacial score (nSPS) is 18.0. The van der Waals surface area contributed by atoms with Crippen LogP contribution in [0.15, 0.2) is 49.1 Å². The summed E-state index contributed by atoms with van der Waals surface area (Å²) in [4.78, 5) is 21.6. The van der Waals surface area contributed by atoms with Crippen molar-refractivity contribution in [3.8, 4) is 0 Å². The lowest BCUT2D eigenvalue weighted by Crippen LogP contribution is -2.22. The maximum Gasteiger partial charge on any atom is 0.333 e. The van der Waals surface area contributed by atoms with Gasteiger partial charge in [0.1, 0.15) is 17.8 Å². The van der Waals surface area contributed by atoms with Gasteiger partial charge in [0, 0.05) is 18.4 Å². The molecule has 11 heteroatoms. The predicted octanol–water partition coefficient (Wildman–Crippen LogP) is 2.95. The lowest BCUT2D eigenvalue weighted by Gasteiger charge is -2.15. The Bertz CT molecular complexity index is 1310. The molecule has 2 heterocycles. The van der Waals surface area contributed by atoms with Crippen LogP contribution in [0.5, 0.6) is 0 Å². The smallest absolute Gasteiger partial charge is 0.333 e. The summed E-state index contributed by atoms with van der Waals surface area (Å²) in [6, 6.07) is 10.1. The van der Waals surface area contributed by atoms with Crippen LogP contribution in [0.2, 0.25) is 0 Å². The molecule has 3 N–H and O–H groups in total. The zero-order chi connectivity index (χ0) is 25.7. The van der Waals surface area contributed by atoms with E-state index in [9.17, 15) is 13.2 Å². The zero-order valence-corrected chi connectivity index (χ0v) is 21.3. The highest BCUT2D eigenvalue weighted by Crippen LogP contribution is 2.29. The maximum absolute atomic E-state index is 13.3. The molecule has 1 aromatic carbocycles. The van der Waals surface area contributed by atoms with Gasteiger partial charge in [-0.1, -0.05) is 38.1 Å². The second kappa shape index (κ2) is 11.3. The number of ketones is 1. The highest BCUT2D eigenvalue weighted by atomic mass is 32.2. The molecule has 4 rings (SSSR count). The summed E-state index contributed by atoms with van der Waals surface area (Å²) in [5.41, 5.74) is 3.07. The van der Waals surface area contributed by atoms with E-state index in [-0.39, 0.29) is 24.3 Å². The largest absolute Gasteiger partial charge is 0.367 e. The number of benzene rings is 1. The van der Waals surface area contributed by atoms with E-state index in [1.54, 1.807) is 16.9 Å². The lowest BCUT2D eigenvalue weighted by molar-refractivity contribution is 0.103. The number of anilines is 1. The van der Waals surface area contributed by atoms with Crippen molar-refractivity contribution >= 4 is 21.9 Å². The minimum absolute atomic E-state index is 0.0243. The highest BCUT2D eigenvalue weighted by Gasteiger charge is 2.28. The Morgan fingerprint density at radius 3 is 2.83 bits per heavy atom. The minimum Gasteiger partial charge on any atom is -0.367 e. The molecule has 2 atom stereocenters. The fourth-order valence-electron chi connectivity index (χ4n) is 4.57. The van der Waals surface area contributed by atoms with Gasteiger partial charge in [0.15, 0.2) is 0 Å². The number of nitrogens with one attached hydrogen (secondary N) is 1. The summed E-state index contributed by atoms with van der Waals surface area (Å²) in [5, 5.41) is 12.7. The molecule has 0 saturated heterocycles. The molecule has 10 nitrogen and oxygen atoms in total. The molecular weight excluding hydrogens is 480 g/mol. The van der Waals surface area contributed by atoms with Crippen molar-refractivity contribution in [2.24, 2.45) is 17.0 Å². The minimum atomic E-state index is -3.96. The van der Waals surface area contributed by atoms with Crippen molar-refractivity contribution in [3.63, 3.8) is 0 Å². The van der Waals surface area contributed by atoms with Crippen molar-refractivity contribution in [2.45, 2.75) is 52.1 Å². The Morgan fingerprint density at radius 1 is 1.25 bits per heavy atom. The van der Waals surface area contributed by atoms with E-state index in [2.05, 4.69) is 58.5 Å². The van der Waals surface area contributed by atoms with Gasteiger partial charge in [0.05, 0.1) is 18.7 Å². The van der Waals surface area contributed by atoms with Gasteiger partial charge in [0.2, 0.25) is 5.78 Å². The van der Waals surface area contributed by atoms with Gasteiger partial charge in [-0.25, -0.2) is 15.1 Å². The average molecular weight is 513 g/mol.